The maximum absolute atomic E-state index is 15.0. The van der Waals surface area contributed by atoms with Crippen LogP contribution < -0.4 is 10.6 Å². The van der Waals surface area contributed by atoms with Crippen LogP contribution in [0.15, 0.2) is 42.6 Å². The summed E-state index contributed by atoms with van der Waals surface area (Å²) in [7, 11) is 2.10. The molecule has 2 aromatic heterocycles. The number of halogens is 3. The van der Waals surface area contributed by atoms with Gasteiger partial charge >= 0.3 is 0 Å². The smallest absolute Gasteiger partial charge is 0.227 e. The highest BCUT2D eigenvalue weighted by atomic mass is 35.5. The molecule has 36 heavy (non-hydrogen) atoms. The lowest BCUT2D eigenvalue weighted by molar-refractivity contribution is -0.121. The first-order valence-corrected chi connectivity index (χ1v) is 12.8. The summed E-state index contributed by atoms with van der Waals surface area (Å²) >= 11 is 1.55. The zero-order valence-electron chi connectivity index (χ0n) is 20.0. The first-order chi connectivity index (χ1) is 16.5. The van der Waals surface area contributed by atoms with Gasteiger partial charge in [0.15, 0.2) is 4.96 Å². The summed E-state index contributed by atoms with van der Waals surface area (Å²) in [6.45, 7) is 2.91. The molecule has 0 spiro atoms. The molecule has 0 bridgehead atoms. The lowest BCUT2D eigenvalue weighted by Crippen LogP contribution is -2.35. The molecule has 2 saturated heterocycles. The molecule has 192 valence electrons. The summed E-state index contributed by atoms with van der Waals surface area (Å²) in [4.78, 5) is 20.5. The predicted octanol–water partition coefficient (Wildman–Crippen LogP) is 5.90. The van der Waals surface area contributed by atoms with Crippen LogP contribution in [0.2, 0.25) is 0 Å². The number of benzene rings is 2. The highest BCUT2D eigenvalue weighted by Crippen LogP contribution is 2.33. The number of thiazole rings is 1. The SMILES string of the molecule is CN1CCC(C(=O)Nc2ccc3c(c2)sc2nc(-c4ccc(C5CCCN5)cc4F)cn23)CC1.Cl.Cl. The fourth-order valence-corrected chi connectivity index (χ4v) is 6.20. The van der Waals surface area contributed by atoms with E-state index < -0.39 is 0 Å². The van der Waals surface area contributed by atoms with E-state index in [1.54, 1.807) is 17.4 Å². The van der Waals surface area contributed by atoms with E-state index in [1.807, 2.05) is 40.9 Å². The minimum absolute atomic E-state index is 0. The molecule has 0 saturated carbocycles. The number of hydrogen-bond acceptors (Lipinski definition) is 5. The van der Waals surface area contributed by atoms with Gasteiger partial charge in [-0.1, -0.05) is 17.4 Å². The number of carbonyl (C=O) groups excluding carboxylic acids is 1. The largest absolute Gasteiger partial charge is 0.326 e. The number of piperidine rings is 1. The molecule has 0 aliphatic carbocycles. The monoisotopic (exact) mass is 549 g/mol. The van der Waals surface area contributed by atoms with Crippen LogP contribution in [0.3, 0.4) is 0 Å². The maximum Gasteiger partial charge on any atom is 0.227 e. The number of hydrogen-bond donors (Lipinski definition) is 2. The van der Waals surface area contributed by atoms with Gasteiger partial charge in [0.05, 0.1) is 15.9 Å². The lowest BCUT2D eigenvalue weighted by Gasteiger charge is -2.28. The molecule has 2 aromatic carbocycles. The van der Waals surface area contributed by atoms with E-state index in [9.17, 15) is 9.18 Å². The summed E-state index contributed by atoms with van der Waals surface area (Å²) in [5.74, 6) is -0.0659. The van der Waals surface area contributed by atoms with Gasteiger partial charge in [0, 0.05) is 29.4 Å². The van der Waals surface area contributed by atoms with Gasteiger partial charge < -0.3 is 15.5 Å². The topological polar surface area (TPSA) is 61.7 Å². The first kappa shape index (κ1) is 26.8. The highest BCUT2D eigenvalue weighted by molar-refractivity contribution is 7.23. The summed E-state index contributed by atoms with van der Waals surface area (Å²) in [6, 6.07) is 11.7. The van der Waals surface area contributed by atoms with Crippen molar-refractivity contribution < 1.29 is 9.18 Å². The van der Waals surface area contributed by atoms with E-state index in [4.69, 9.17) is 4.98 Å². The van der Waals surface area contributed by atoms with E-state index in [-0.39, 0.29) is 48.5 Å². The van der Waals surface area contributed by atoms with Crippen molar-refractivity contribution >= 4 is 62.9 Å². The van der Waals surface area contributed by atoms with E-state index in [1.165, 1.54) is 0 Å². The normalized spacial score (nSPS) is 18.8. The van der Waals surface area contributed by atoms with Crippen molar-refractivity contribution in [3.63, 3.8) is 0 Å². The Morgan fingerprint density at radius 1 is 1.14 bits per heavy atom. The van der Waals surface area contributed by atoms with Gasteiger partial charge in [-0.05, 0) is 88.3 Å². The van der Waals surface area contributed by atoms with E-state index in [2.05, 4.69) is 22.6 Å². The molecule has 6 nitrogen and oxygen atoms in total. The van der Waals surface area contributed by atoms with Gasteiger partial charge in [-0.2, -0.15) is 0 Å². The number of likely N-dealkylation sites (tertiary alicyclic amines) is 1. The van der Waals surface area contributed by atoms with Crippen molar-refractivity contribution in [2.45, 2.75) is 31.7 Å². The molecule has 2 aliphatic heterocycles. The number of nitrogens with one attached hydrogen (secondary N) is 2. The summed E-state index contributed by atoms with van der Waals surface area (Å²) < 4.78 is 18.0. The number of fused-ring (bicyclic) bond motifs is 3. The van der Waals surface area contributed by atoms with Crippen LogP contribution >= 0.6 is 36.2 Å². The van der Waals surface area contributed by atoms with Gasteiger partial charge in [-0.15, -0.1) is 24.8 Å². The third kappa shape index (κ3) is 5.10. The highest BCUT2D eigenvalue weighted by Gasteiger charge is 2.24. The Morgan fingerprint density at radius 2 is 1.94 bits per heavy atom. The Kier molecular flexibility index (Phi) is 8.22. The second-order valence-electron chi connectivity index (χ2n) is 9.52. The number of imidazole rings is 1. The fraction of sp³-hybridized carbons (Fsp3) is 0.385. The molecular weight excluding hydrogens is 520 g/mol. The van der Waals surface area contributed by atoms with Crippen LogP contribution in [-0.2, 0) is 4.79 Å². The van der Waals surface area contributed by atoms with Crippen molar-refractivity contribution in [2.75, 3.05) is 32.0 Å². The van der Waals surface area contributed by atoms with Crippen LogP contribution in [0, 0.1) is 11.7 Å². The fourth-order valence-electron chi connectivity index (χ4n) is 5.15. The van der Waals surface area contributed by atoms with Gasteiger partial charge in [0.25, 0.3) is 0 Å². The minimum Gasteiger partial charge on any atom is -0.326 e. The third-order valence-electron chi connectivity index (χ3n) is 7.18. The van der Waals surface area contributed by atoms with Crippen molar-refractivity contribution in [3.05, 3.63) is 54.0 Å². The second-order valence-corrected chi connectivity index (χ2v) is 10.5. The molecule has 4 heterocycles. The third-order valence-corrected chi connectivity index (χ3v) is 8.20. The quantitative estimate of drug-likeness (QED) is 0.332. The second kappa shape index (κ2) is 11.0. The molecule has 2 fully saturated rings. The maximum atomic E-state index is 15.0. The molecule has 10 heteroatoms. The molecule has 1 atom stereocenters. The van der Waals surface area contributed by atoms with Crippen molar-refractivity contribution in [2.24, 2.45) is 5.92 Å². The molecular formula is C26H30Cl2FN5OS. The molecule has 1 amide bonds. The summed E-state index contributed by atoms with van der Waals surface area (Å²) in [6.07, 6.45) is 5.87. The average molecular weight is 551 g/mol. The molecule has 6 rings (SSSR count). The lowest BCUT2D eigenvalue weighted by atomic mass is 9.96. The number of rotatable bonds is 4. The zero-order valence-corrected chi connectivity index (χ0v) is 22.4. The van der Waals surface area contributed by atoms with Crippen molar-refractivity contribution in [3.8, 4) is 11.3 Å². The Labute approximate surface area is 226 Å². The molecule has 4 aromatic rings. The number of nitrogens with zero attached hydrogens (tertiary/aromatic N) is 3. The summed E-state index contributed by atoms with van der Waals surface area (Å²) in [5.41, 5.74) is 3.97. The van der Waals surface area contributed by atoms with Gasteiger partial charge in [-0.25, -0.2) is 9.37 Å². The Balaban J connectivity index is 0.00000152. The number of anilines is 1. The number of carbonyl (C=O) groups is 1. The minimum atomic E-state index is -0.236. The Hall–Kier alpha value is -2.23. The van der Waals surface area contributed by atoms with Crippen LogP contribution in [0.1, 0.15) is 37.3 Å². The van der Waals surface area contributed by atoms with Crippen LogP contribution in [0.4, 0.5) is 10.1 Å². The zero-order chi connectivity index (χ0) is 23.2. The number of amides is 1. The van der Waals surface area contributed by atoms with Crippen molar-refractivity contribution in [1.82, 2.24) is 19.6 Å². The van der Waals surface area contributed by atoms with E-state index >= 15 is 0 Å². The van der Waals surface area contributed by atoms with Crippen LogP contribution in [-0.4, -0.2) is 46.9 Å². The van der Waals surface area contributed by atoms with Gasteiger partial charge in [0.1, 0.15) is 5.82 Å². The summed E-state index contributed by atoms with van der Waals surface area (Å²) in [5, 5.41) is 6.51. The van der Waals surface area contributed by atoms with Gasteiger partial charge in [0.2, 0.25) is 5.91 Å². The molecule has 1 unspecified atom stereocenters. The average Bonchev–Trinajstić information content (AvgIpc) is 3.56. The van der Waals surface area contributed by atoms with E-state index in [0.29, 0.717) is 11.3 Å². The van der Waals surface area contributed by atoms with E-state index in [0.717, 1.165) is 71.7 Å². The standard InChI is InChI=1S/C26H28FN5OS.2ClH/c1-31-11-8-16(9-12-31)25(33)29-18-5-7-23-24(14-18)34-26-30-22(15-32(23)26)19-6-4-17(13-20(19)27)21-3-2-10-28-21;;/h4-7,13-16,21,28H,2-3,8-12H2,1H3,(H,29,33);2*1H. The molecule has 0 radical (unpaired) electrons. The predicted molar refractivity (Wildman–Crippen MR) is 149 cm³/mol. The van der Waals surface area contributed by atoms with Crippen LogP contribution in [0.25, 0.3) is 26.4 Å². The van der Waals surface area contributed by atoms with Crippen molar-refractivity contribution in [1.29, 1.82) is 0 Å². The first-order valence-electron chi connectivity index (χ1n) is 12.0. The van der Waals surface area contributed by atoms with Gasteiger partial charge in [-0.3, -0.25) is 9.20 Å². The molecule has 2 N–H and O–H groups in total. The Morgan fingerprint density at radius 3 is 2.67 bits per heavy atom. The Bertz CT molecular complexity index is 1380. The number of aromatic nitrogens is 2. The molecule has 2 aliphatic rings. The van der Waals surface area contributed by atoms with Crippen LogP contribution in [0.5, 0.6) is 0 Å².